The van der Waals surface area contributed by atoms with Crippen molar-refractivity contribution in [2.24, 2.45) is 0 Å². The van der Waals surface area contributed by atoms with Crippen molar-refractivity contribution in [2.75, 3.05) is 32.0 Å². The summed E-state index contributed by atoms with van der Waals surface area (Å²) in [7, 11) is 4.73. The van der Waals surface area contributed by atoms with Gasteiger partial charge in [-0.1, -0.05) is 24.3 Å². The minimum atomic E-state index is -0.394. The smallest absolute Gasteiger partial charge is 0.163 e. The molecule has 0 saturated carbocycles. The first-order valence-corrected chi connectivity index (χ1v) is 11.5. The van der Waals surface area contributed by atoms with Gasteiger partial charge in [0.15, 0.2) is 28.8 Å². The first-order chi connectivity index (χ1) is 17.0. The third-order valence-corrected chi connectivity index (χ3v) is 6.73. The Balaban J connectivity index is 1.59. The number of Topliss-reactive ketones (excluding diaryl/α,β-unsaturated/α-hetero) is 1. The number of ether oxygens (including phenoxy) is 3. The van der Waals surface area contributed by atoms with Crippen LogP contribution in [0.25, 0.3) is 0 Å². The van der Waals surface area contributed by atoms with Gasteiger partial charge in [0.1, 0.15) is 0 Å². The van der Waals surface area contributed by atoms with Crippen LogP contribution in [-0.4, -0.2) is 32.2 Å². The number of methoxy groups -OCH3 is 3. The summed E-state index contributed by atoms with van der Waals surface area (Å²) in [6, 6.07) is 18.5. The molecule has 5 rings (SSSR count). The Labute approximate surface area is 204 Å². The summed E-state index contributed by atoms with van der Waals surface area (Å²) in [6.07, 6.45) is 1.04. The van der Waals surface area contributed by atoms with Gasteiger partial charge in [-0.05, 0) is 59.9 Å². The number of nitrogens with one attached hydrogen (secondary N) is 2. The Bertz CT molecular complexity index is 1320. The number of benzene rings is 3. The van der Waals surface area contributed by atoms with Crippen molar-refractivity contribution >= 4 is 17.2 Å². The molecule has 0 aromatic heterocycles. The number of anilines is 2. The predicted molar refractivity (Wildman–Crippen MR) is 135 cm³/mol. The maximum atomic E-state index is 13.7. The number of aromatic hydroxyl groups is 1. The molecule has 2 aliphatic rings. The van der Waals surface area contributed by atoms with Crippen molar-refractivity contribution in [2.45, 2.75) is 24.8 Å². The van der Waals surface area contributed by atoms with E-state index in [1.165, 1.54) is 7.11 Å². The quantitative estimate of drug-likeness (QED) is 0.458. The van der Waals surface area contributed by atoms with E-state index >= 15 is 0 Å². The van der Waals surface area contributed by atoms with E-state index in [1.54, 1.807) is 26.4 Å². The number of fused-ring (bicyclic) bond motifs is 1. The third-order valence-electron chi connectivity index (χ3n) is 6.73. The molecular weight excluding hydrogens is 444 g/mol. The second kappa shape index (κ2) is 9.25. The van der Waals surface area contributed by atoms with Crippen LogP contribution in [0.4, 0.5) is 11.4 Å². The molecule has 2 atom stereocenters. The summed E-state index contributed by atoms with van der Waals surface area (Å²) in [5.41, 5.74) is 5.26. The lowest BCUT2D eigenvalue weighted by Gasteiger charge is -2.30. The number of rotatable bonds is 5. The molecular formula is C28H28N2O5. The van der Waals surface area contributed by atoms with Crippen molar-refractivity contribution in [3.05, 3.63) is 83.1 Å². The Kier molecular flexibility index (Phi) is 5.99. The highest BCUT2D eigenvalue weighted by atomic mass is 16.5. The van der Waals surface area contributed by atoms with Crippen LogP contribution in [0.3, 0.4) is 0 Å². The van der Waals surface area contributed by atoms with Gasteiger partial charge >= 0.3 is 0 Å². The summed E-state index contributed by atoms with van der Waals surface area (Å²) >= 11 is 0. The van der Waals surface area contributed by atoms with Crippen molar-refractivity contribution in [1.82, 2.24) is 0 Å². The maximum Gasteiger partial charge on any atom is 0.163 e. The van der Waals surface area contributed by atoms with Crippen molar-refractivity contribution in [3.8, 4) is 23.0 Å². The van der Waals surface area contributed by atoms with Gasteiger partial charge in [-0.3, -0.25) is 4.79 Å². The van der Waals surface area contributed by atoms with E-state index in [1.807, 2.05) is 48.5 Å². The van der Waals surface area contributed by atoms with E-state index in [9.17, 15) is 9.90 Å². The van der Waals surface area contributed by atoms with Crippen LogP contribution < -0.4 is 24.8 Å². The minimum absolute atomic E-state index is 0.00572. The van der Waals surface area contributed by atoms with Crippen LogP contribution in [0.1, 0.15) is 35.9 Å². The average molecular weight is 473 g/mol. The Morgan fingerprint density at radius 2 is 1.49 bits per heavy atom. The third kappa shape index (κ3) is 4.14. The molecule has 7 heteroatoms. The zero-order valence-electron chi connectivity index (χ0n) is 19.9. The van der Waals surface area contributed by atoms with Gasteiger partial charge in [-0.2, -0.15) is 0 Å². The summed E-state index contributed by atoms with van der Waals surface area (Å²) < 4.78 is 16.2. The zero-order chi connectivity index (χ0) is 24.5. The number of carbonyl (C=O) groups is 1. The topological polar surface area (TPSA) is 89.1 Å². The van der Waals surface area contributed by atoms with Gasteiger partial charge in [0.25, 0.3) is 0 Å². The van der Waals surface area contributed by atoms with Gasteiger partial charge in [0.2, 0.25) is 0 Å². The number of carbonyl (C=O) groups excluding carboxylic acids is 1. The van der Waals surface area contributed by atoms with Crippen molar-refractivity contribution < 1.29 is 24.1 Å². The molecule has 35 heavy (non-hydrogen) atoms. The van der Waals surface area contributed by atoms with Gasteiger partial charge in [-0.15, -0.1) is 0 Å². The molecule has 0 saturated heterocycles. The molecule has 1 heterocycles. The summed E-state index contributed by atoms with van der Waals surface area (Å²) in [6.45, 7) is 0. The lowest BCUT2D eigenvalue weighted by Crippen LogP contribution is -2.26. The molecule has 0 amide bonds. The van der Waals surface area contributed by atoms with Crippen LogP contribution in [-0.2, 0) is 4.79 Å². The van der Waals surface area contributed by atoms with Crippen LogP contribution in [0.5, 0.6) is 23.0 Å². The van der Waals surface area contributed by atoms with Crippen LogP contribution in [0, 0.1) is 0 Å². The molecule has 0 fully saturated rings. The number of hydrogen-bond donors (Lipinski definition) is 3. The number of para-hydroxylation sites is 2. The monoisotopic (exact) mass is 472 g/mol. The number of allylic oxidation sites excluding steroid dienone is 1. The first-order valence-electron chi connectivity index (χ1n) is 11.5. The molecule has 7 nitrogen and oxygen atoms in total. The lowest BCUT2D eigenvalue weighted by atomic mass is 9.78. The van der Waals surface area contributed by atoms with Gasteiger partial charge in [0.05, 0.1) is 38.7 Å². The SMILES string of the molecule is COc1cc([C@H]2Nc3ccccc3NC3=C2C(=O)C[C@@H](c2ccc(OC)c(OC)c2)C3)ccc1O. The fraction of sp³-hybridized carbons (Fsp3) is 0.250. The van der Waals surface area contributed by atoms with Crippen LogP contribution in [0.2, 0.25) is 0 Å². The fourth-order valence-corrected chi connectivity index (χ4v) is 4.96. The number of phenols is 1. The molecule has 3 aromatic rings. The van der Waals surface area contributed by atoms with Gasteiger partial charge < -0.3 is 30.0 Å². The number of phenolic OH excluding ortho intramolecular Hbond substituents is 1. The largest absolute Gasteiger partial charge is 0.504 e. The molecule has 1 aliphatic carbocycles. The first kappa shape index (κ1) is 22.7. The molecule has 0 radical (unpaired) electrons. The number of ketones is 1. The van der Waals surface area contributed by atoms with E-state index in [2.05, 4.69) is 10.6 Å². The molecule has 1 aliphatic heterocycles. The summed E-state index contributed by atoms with van der Waals surface area (Å²) in [4.78, 5) is 13.7. The Hall–Kier alpha value is -4.13. The zero-order valence-corrected chi connectivity index (χ0v) is 19.9. The van der Waals surface area contributed by atoms with Gasteiger partial charge in [0, 0.05) is 17.7 Å². The Morgan fingerprint density at radius 3 is 2.23 bits per heavy atom. The average Bonchev–Trinajstić information content (AvgIpc) is 3.05. The summed E-state index contributed by atoms with van der Waals surface area (Å²) in [5.74, 6) is 1.78. The van der Waals surface area contributed by atoms with E-state index in [4.69, 9.17) is 14.2 Å². The normalized spacial score (nSPS) is 19.0. The number of hydrogen-bond acceptors (Lipinski definition) is 7. The van der Waals surface area contributed by atoms with Gasteiger partial charge in [-0.25, -0.2) is 0 Å². The molecule has 0 spiro atoms. The fourth-order valence-electron chi connectivity index (χ4n) is 4.96. The van der Waals surface area contributed by atoms with Crippen LogP contribution >= 0.6 is 0 Å². The summed E-state index contributed by atoms with van der Waals surface area (Å²) in [5, 5.41) is 17.2. The van der Waals surface area contributed by atoms with E-state index in [-0.39, 0.29) is 17.5 Å². The molecule has 0 unspecified atom stereocenters. The Morgan fingerprint density at radius 1 is 0.800 bits per heavy atom. The second-order valence-electron chi connectivity index (χ2n) is 8.71. The highest BCUT2D eigenvalue weighted by Gasteiger charge is 2.36. The van der Waals surface area contributed by atoms with Crippen molar-refractivity contribution in [3.63, 3.8) is 0 Å². The maximum absolute atomic E-state index is 13.7. The molecule has 0 bridgehead atoms. The van der Waals surface area contributed by atoms with E-state index in [0.717, 1.165) is 28.2 Å². The highest BCUT2D eigenvalue weighted by Crippen LogP contribution is 2.46. The second-order valence-corrected chi connectivity index (χ2v) is 8.71. The van der Waals surface area contributed by atoms with Crippen LogP contribution in [0.15, 0.2) is 71.9 Å². The van der Waals surface area contributed by atoms with E-state index < -0.39 is 6.04 Å². The minimum Gasteiger partial charge on any atom is -0.504 e. The van der Waals surface area contributed by atoms with Crippen molar-refractivity contribution in [1.29, 1.82) is 0 Å². The molecule has 3 aromatic carbocycles. The predicted octanol–water partition coefficient (Wildman–Crippen LogP) is 5.40. The highest BCUT2D eigenvalue weighted by molar-refractivity contribution is 6.01. The standard InChI is InChI=1S/C28H28N2O5/c1-33-24-11-9-16(14-26(24)35-3)18-12-21-27(23(32)13-18)28(17-8-10-22(31)25(15-17)34-2)30-20-7-5-4-6-19(20)29-21/h4-11,14-15,18,28-31H,12-13H2,1-3H3/t18-,28+/m0/s1. The molecule has 3 N–H and O–H groups in total. The lowest BCUT2D eigenvalue weighted by molar-refractivity contribution is -0.116. The molecule has 180 valence electrons. The van der Waals surface area contributed by atoms with E-state index in [0.29, 0.717) is 35.7 Å².